The number of carbonyl (C=O) groups is 1. The van der Waals surface area contributed by atoms with E-state index in [1.165, 1.54) is 15.3 Å². The molecule has 0 radical (unpaired) electrons. The van der Waals surface area contributed by atoms with Crippen LogP contribution in [0.25, 0.3) is 0 Å². The molecule has 34 heavy (non-hydrogen) atoms. The summed E-state index contributed by atoms with van der Waals surface area (Å²) >= 11 is 0. The summed E-state index contributed by atoms with van der Waals surface area (Å²) < 4.78 is 64.5. The molecule has 2 saturated heterocycles. The number of hydrogen-bond acceptors (Lipinski definition) is 6. The van der Waals surface area contributed by atoms with Crippen molar-refractivity contribution in [2.45, 2.75) is 12.6 Å². The third-order valence-corrected chi connectivity index (χ3v) is 7.76. The van der Waals surface area contributed by atoms with Gasteiger partial charge in [0, 0.05) is 44.4 Å². The summed E-state index contributed by atoms with van der Waals surface area (Å²) in [6.07, 6.45) is -4.18. The Kier molecular flexibility index (Phi) is 6.14. The van der Waals surface area contributed by atoms with Crippen LogP contribution in [0.5, 0.6) is 0 Å². The fourth-order valence-electron chi connectivity index (χ4n) is 4.17. The molecule has 2 fully saturated rings. The van der Waals surface area contributed by atoms with Crippen molar-refractivity contribution in [3.8, 4) is 0 Å². The highest BCUT2D eigenvalue weighted by atomic mass is 32.2. The topological polar surface area (TPSA) is 104 Å². The number of sulfonamides is 1. The largest absolute Gasteiger partial charge is 0.416 e. The first kappa shape index (κ1) is 23.8. The van der Waals surface area contributed by atoms with Gasteiger partial charge in [0.2, 0.25) is 10.0 Å². The van der Waals surface area contributed by atoms with Crippen molar-refractivity contribution in [1.29, 1.82) is 0 Å². The number of piperazine rings is 1. The number of nitrogens with zero attached hydrogens (tertiary/aromatic N) is 4. The quantitative estimate of drug-likeness (QED) is 0.474. The third-order valence-electron chi connectivity index (χ3n) is 5.89. The van der Waals surface area contributed by atoms with Gasteiger partial charge >= 0.3 is 6.18 Å². The molecular formula is C21H21F3N4O5S. The fraction of sp³-hybridized carbons (Fsp3) is 0.381. The van der Waals surface area contributed by atoms with Crippen LogP contribution >= 0.6 is 0 Å². The van der Waals surface area contributed by atoms with Gasteiger partial charge in [-0.2, -0.15) is 13.2 Å². The fourth-order valence-corrected chi connectivity index (χ4v) is 5.73. The number of hydrogen-bond donors (Lipinski definition) is 0. The molecule has 2 aromatic carbocycles. The van der Waals surface area contributed by atoms with Crippen LogP contribution in [0.1, 0.15) is 22.3 Å². The van der Waals surface area contributed by atoms with E-state index in [9.17, 15) is 36.5 Å². The second-order valence-corrected chi connectivity index (χ2v) is 10.0. The van der Waals surface area contributed by atoms with Crippen molar-refractivity contribution < 1.29 is 31.3 Å². The van der Waals surface area contributed by atoms with Crippen LogP contribution < -0.4 is 9.21 Å². The summed E-state index contributed by atoms with van der Waals surface area (Å²) in [5.41, 5.74) is -0.951. The number of carbonyl (C=O) groups excluding carboxylic acids is 1. The van der Waals surface area contributed by atoms with Crippen LogP contribution in [0.3, 0.4) is 0 Å². The van der Waals surface area contributed by atoms with Gasteiger partial charge in [-0.05, 0) is 36.8 Å². The zero-order chi connectivity index (χ0) is 24.7. The Balaban J connectivity index is 1.48. The summed E-state index contributed by atoms with van der Waals surface area (Å²) in [7, 11) is -3.39. The number of rotatable bonds is 4. The summed E-state index contributed by atoms with van der Waals surface area (Å²) in [6, 6.07) is 8.75. The van der Waals surface area contributed by atoms with Crippen molar-refractivity contribution in [1.82, 2.24) is 4.90 Å². The van der Waals surface area contributed by atoms with Crippen molar-refractivity contribution in [2.24, 2.45) is 0 Å². The summed E-state index contributed by atoms with van der Waals surface area (Å²) in [4.78, 5) is 26.7. The monoisotopic (exact) mass is 498 g/mol. The maximum absolute atomic E-state index is 13.0. The van der Waals surface area contributed by atoms with Crippen molar-refractivity contribution >= 4 is 33.0 Å². The van der Waals surface area contributed by atoms with Crippen molar-refractivity contribution in [3.63, 3.8) is 0 Å². The first-order valence-corrected chi connectivity index (χ1v) is 12.1. The van der Waals surface area contributed by atoms with E-state index in [1.54, 1.807) is 23.1 Å². The van der Waals surface area contributed by atoms with Crippen LogP contribution in [0, 0.1) is 10.1 Å². The van der Waals surface area contributed by atoms with Crippen LogP contribution in [0.2, 0.25) is 0 Å². The highest BCUT2D eigenvalue weighted by Gasteiger charge is 2.35. The van der Waals surface area contributed by atoms with E-state index in [4.69, 9.17) is 0 Å². The van der Waals surface area contributed by atoms with E-state index in [-0.39, 0.29) is 43.5 Å². The van der Waals surface area contributed by atoms with Gasteiger partial charge in [-0.1, -0.05) is 6.07 Å². The van der Waals surface area contributed by atoms with Crippen molar-refractivity contribution in [2.75, 3.05) is 47.7 Å². The molecule has 13 heteroatoms. The number of alkyl halides is 3. The zero-order valence-electron chi connectivity index (χ0n) is 17.9. The van der Waals surface area contributed by atoms with E-state index in [1.807, 2.05) is 0 Å². The molecule has 0 aliphatic carbocycles. The second-order valence-electron chi connectivity index (χ2n) is 8.03. The van der Waals surface area contributed by atoms with E-state index in [0.29, 0.717) is 30.3 Å². The Morgan fingerprint density at radius 2 is 1.71 bits per heavy atom. The van der Waals surface area contributed by atoms with Crippen LogP contribution in [-0.4, -0.2) is 62.6 Å². The number of benzene rings is 2. The minimum atomic E-state index is -4.70. The molecule has 182 valence electrons. The highest BCUT2D eigenvalue weighted by molar-refractivity contribution is 7.93. The number of halogens is 3. The SMILES string of the molecule is O=C(c1cccc(N2CCCS2(=O)=O)c1)N1CCN(c2ccc(C(F)(F)F)cc2[N+](=O)[O-])CC1. The molecule has 2 aromatic rings. The van der Waals surface area contributed by atoms with Crippen LogP contribution in [0.15, 0.2) is 42.5 Å². The molecule has 0 unspecified atom stereocenters. The van der Waals surface area contributed by atoms with Gasteiger partial charge in [-0.15, -0.1) is 0 Å². The van der Waals surface area contributed by atoms with Gasteiger partial charge in [0.1, 0.15) is 5.69 Å². The average molecular weight is 498 g/mol. The Hall–Kier alpha value is -3.35. The Labute approximate surface area is 193 Å². The predicted octanol–water partition coefficient (Wildman–Crippen LogP) is 3.12. The maximum Gasteiger partial charge on any atom is 0.416 e. The summed E-state index contributed by atoms with van der Waals surface area (Å²) in [6.45, 7) is 1.13. The zero-order valence-corrected chi connectivity index (χ0v) is 18.7. The van der Waals surface area contributed by atoms with E-state index in [0.717, 1.165) is 12.1 Å². The number of amides is 1. The van der Waals surface area contributed by atoms with E-state index in [2.05, 4.69) is 0 Å². The lowest BCUT2D eigenvalue weighted by atomic mass is 10.1. The third kappa shape index (κ3) is 4.65. The molecule has 0 atom stereocenters. The molecule has 2 heterocycles. The lowest BCUT2D eigenvalue weighted by molar-refractivity contribution is -0.384. The van der Waals surface area contributed by atoms with Gasteiger partial charge < -0.3 is 9.80 Å². The minimum Gasteiger partial charge on any atom is -0.362 e. The van der Waals surface area contributed by atoms with Crippen LogP contribution in [-0.2, 0) is 16.2 Å². The average Bonchev–Trinajstić information content (AvgIpc) is 3.16. The molecule has 1 amide bonds. The molecule has 2 aliphatic heterocycles. The maximum atomic E-state index is 13.0. The first-order valence-electron chi connectivity index (χ1n) is 10.5. The molecule has 2 aliphatic rings. The minimum absolute atomic E-state index is 0.0588. The Morgan fingerprint density at radius 1 is 1.00 bits per heavy atom. The predicted molar refractivity (Wildman–Crippen MR) is 118 cm³/mol. The first-order chi connectivity index (χ1) is 16.0. The summed E-state index contributed by atoms with van der Waals surface area (Å²) in [5.74, 6) is -0.261. The smallest absolute Gasteiger partial charge is 0.362 e. The standard InChI is InChI=1S/C21H21F3N4O5S/c22-21(23,24)16-5-6-18(19(14-16)28(30)31)25-8-10-26(11-9-25)20(29)15-3-1-4-17(13-15)27-7-2-12-34(27,32)33/h1,3-6,13-14H,2,7-12H2. The number of nitro benzene ring substituents is 1. The molecule has 0 saturated carbocycles. The van der Waals surface area contributed by atoms with Crippen molar-refractivity contribution in [3.05, 3.63) is 63.7 Å². The van der Waals surface area contributed by atoms with Gasteiger partial charge in [-0.3, -0.25) is 19.2 Å². The van der Waals surface area contributed by atoms with E-state index >= 15 is 0 Å². The Bertz CT molecular complexity index is 1230. The van der Waals surface area contributed by atoms with Crippen LogP contribution in [0.4, 0.5) is 30.2 Å². The van der Waals surface area contributed by atoms with Gasteiger partial charge in [0.15, 0.2) is 0 Å². The number of anilines is 2. The lowest BCUT2D eigenvalue weighted by Gasteiger charge is -2.36. The highest BCUT2D eigenvalue weighted by Crippen LogP contribution is 2.37. The van der Waals surface area contributed by atoms with Gasteiger partial charge in [0.05, 0.1) is 21.9 Å². The molecular weight excluding hydrogens is 477 g/mol. The van der Waals surface area contributed by atoms with Gasteiger partial charge in [0.25, 0.3) is 11.6 Å². The van der Waals surface area contributed by atoms with Gasteiger partial charge in [-0.25, -0.2) is 8.42 Å². The summed E-state index contributed by atoms with van der Waals surface area (Å²) in [5, 5.41) is 11.4. The normalized spacial score (nSPS) is 18.3. The van der Waals surface area contributed by atoms with E-state index < -0.39 is 32.4 Å². The number of nitro groups is 1. The molecule has 0 N–H and O–H groups in total. The lowest BCUT2D eigenvalue weighted by Crippen LogP contribution is -2.49. The molecule has 0 bridgehead atoms. The molecule has 0 aromatic heterocycles. The molecule has 4 rings (SSSR count). The second kappa shape index (κ2) is 8.78. The molecule has 0 spiro atoms. The molecule has 9 nitrogen and oxygen atoms in total. The Morgan fingerprint density at radius 3 is 2.29 bits per heavy atom.